The van der Waals surface area contributed by atoms with Gasteiger partial charge in [0.05, 0.1) is 17.4 Å². The van der Waals surface area contributed by atoms with Gasteiger partial charge in [0.15, 0.2) is 0 Å². The molecule has 31 heavy (non-hydrogen) atoms. The summed E-state index contributed by atoms with van der Waals surface area (Å²) in [6.07, 6.45) is 3.92. The monoisotopic (exact) mass is 414 g/mol. The van der Waals surface area contributed by atoms with Gasteiger partial charge >= 0.3 is 5.69 Å². The second-order valence-electron chi connectivity index (χ2n) is 8.26. The summed E-state index contributed by atoms with van der Waals surface area (Å²) in [5.41, 5.74) is 2.54. The normalized spacial score (nSPS) is 20.2. The van der Waals surface area contributed by atoms with E-state index in [0.29, 0.717) is 11.3 Å². The predicted octanol–water partition coefficient (Wildman–Crippen LogP) is 5.83. The Morgan fingerprint density at radius 2 is 1.74 bits per heavy atom. The van der Waals surface area contributed by atoms with Crippen molar-refractivity contribution in [3.8, 4) is 11.5 Å². The van der Waals surface area contributed by atoms with E-state index in [-0.39, 0.29) is 11.4 Å². The van der Waals surface area contributed by atoms with Crippen LogP contribution in [-0.2, 0) is 5.41 Å². The van der Waals surface area contributed by atoms with E-state index >= 15 is 0 Å². The van der Waals surface area contributed by atoms with Crippen molar-refractivity contribution in [2.45, 2.75) is 25.0 Å². The number of anilines is 2. The first-order valence-electron chi connectivity index (χ1n) is 10.1. The van der Waals surface area contributed by atoms with Crippen molar-refractivity contribution in [3.63, 3.8) is 0 Å². The number of fused-ring (bicyclic) bond motifs is 2. The van der Waals surface area contributed by atoms with E-state index in [2.05, 4.69) is 43.0 Å². The molecular weight excluding hydrogens is 392 g/mol. The lowest BCUT2D eigenvalue weighted by atomic mass is 9.76. The SMILES string of the molecule is COc1cc2c(cc1[N+](=O)[O-])C=CC1(O2)N(c2ccccc2)c2ccccc2C1(C)C. The van der Waals surface area contributed by atoms with Gasteiger partial charge in [0.25, 0.3) is 0 Å². The van der Waals surface area contributed by atoms with E-state index in [1.807, 2.05) is 42.5 Å². The lowest BCUT2D eigenvalue weighted by Crippen LogP contribution is -2.57. The van der Waals surface area contributed by atoms with Crippen LogP contribution in [0.4, 0.5) is 17.1 Å². The highest BCUT2D eigenvalue weighted by molar-refractivity contribution is 5.80. The number of hydrogen-bond donors (Lipinski definition) is 0. The van der Waals surface area contributed by atoms with Crippen molar-refractivity contribution in [2.24, 2.45) is 0 Å². The van der Waals surface area contributed by atoms with E-state index in [0.717, 1.165) is 11.4 Å². The Kier molecular flexibility index (Phi) is 4.09. The van der Waals surface area contributed by atoms with Crippen LogP contribution < -0.4 is 14.4 Å². The summed E-state index contributed by atoms with van der Waals surface area (Å²) in [6.45, 7) is 4.32. The summed E-state index contributed by atoms with van der Waals surface area (Å²) in [7, 11) is 1.43. The molecule has 2 heterocycles. The molecule has 1 unspecified atom stereocenters. The van der Waals surface area contributed by atoms with Crippen LogP contribution in [0.5, 0.6) is 11.5 Å². The van der Waals surface area contributed by atoms with Gasteiger partial charge in [0.1, 0.15) is 5.75 Å². The maximum atomic E-state index is 11.5. The Balaban J connectivity index is 1.74. The van der Waals surface area contributed by atoms with Crippen molar-refractivity contribution in [1.82, 2.24) is 0 Å². The van der Waals surface area contributed by atoms with E-state index in [9.17, 15) is 10.1 Å². The van der Waals surface area contributed by atoms with Crippen LogP contribution in [0.25, 0.3) is 6.08 Å². The van der Waals surface area contributed by atoms with E-state index in [4.69, 9.17) is 9.47 Å². The van der Waals surface area contributed by atoms with Gasteiger partial charge in [0, 0.05) is 29.1 Å². The summed E-state index contributed by atoms with van der Waals surface area (Å²) < 4.78 is 12.0. The molecule has 6 nitrogen and oxygen atoms in total. The maximum absolute atomic E-state index is 11.5. The first-order chi connectivity index (χ1) is 14.9. The first kappa shape index (κ1) is 19.2. The second kappa shape index (κ2) is 6.60. The topological polar surface area (TPSA) is 64.8 Å². The smallest absolute Gasteiger partial charge is 0.311 e. The molecule has 2 aliphatic heterocycles. The average molecular weight is 414 g/mol. The fourth-order valence-corrected chi connectivity index (χ4v) is 4.71. The molecule has 2 aliphatic rings. The van der Waals surface area contributed by atoms with Crippen LogP contribution in [0.3, 0.4) is 0 Å². The van der Waals surface area contributed by atoms with E-state index in [1.54, 1.807) is 6.07 Å². The van der Waals surface area contributed by atoms with Crippen LogP contribution >= 0.6 is 0 Å². The quantitative estimate of drug-likeness (QED) is 0.398. The fourth-order valence-electron chi connectivity index (χ4n) is 4.71. The standard InChI is InChI=1S/C25H22N2O4/c1-24(2)19-11-7-8-12-20(19)26(18-9-5-4-6-10-18)25(24)14-13-17-15-21(27(28)29)23(30-3)16-22(17)31-25/h4-16H,1-3H3. The molecule has 1 spiro atoms. The Morgan fingerprint density at radius 1 is 1.03 bits per heavy atom. The molecule has 0 radical (unpaired) electrons. The van der Waals surface area contributed by atoms with Crippen molar-refractivity contribution < 1.29 is 14.4 Å². The minimum Gasteiger partial charge on any atom is -0.490 e. The molecule has 0 bridgehead atoms. The van der Waals surface area contributed by atoms with Gasteiger partial charge in [-0.3, -0.25) is 15.0 Å². The van der Waals surface area contributed by atoms with Gasteiger partial charge < -0.3 is 9.47 Å². The second-order valence-corrected chi connectivity index (χ2v) is 8.26. The molecule has 6 heteroatoms. The van der Waals surface area contributed by atoms with E-state index in [1.165, 1.54) is 18.7 Å². The van der Waals surface area contributed by atoms with Gasteiger partial charge in [0.2, 0.25) is 11.5 Å². The van der Waals surface area contributed by atoms with Crippen molar-refractivity contribution in [2.75, 3.05) is 12.0 Å². The molecule has 156 valence electrons. The minimum atomic E-state index is -0.855. The third-order valence-electron chi connectivity index (χ3n) is 6.32. The number of nitrogens with zero attached hydrogens (tertiary/aromatic N) is 2. The summed E-state index contributed by atoms with van der Waals surface area (Å²) in [6, 6.07) is 21.5. The highest BCUT2D eigenvalue weighted by Crippen LogP contribution is 2.58. The highest BCUT2D eigenvalue weighted by Gasteiger charge is 2.59. The van der Waals surface area contributed by atoms with Crippen molar-refractivity contribution in [1.29, 1.82) is 0 Å². The van der Waals surface area contributed by atoms with Crippen LogP contribution in [0.1, 0.15) is 25.0 Å². The number of methoxy groups -OCH3 is 1. The van der Waals surface area contributed by atoms with Crippen LogP contribution in [-0.4, -0.2) is 17.8 Å². The van der Waals surface area contributed by atoms with Gasteiger partial charge in [-0.05, 0) is 49.8 Å². The predicted molar refractivity (Wildman–Crippen MR) is 120 cm³/mol. The number of hydrogen-bond acceptors (Lipinski definition) is 5. The largest absolute Gasteiger partial charge is 0.490 e. The number of para-hydroxylation sites is 2. The third kappa shape index (κ3) is 2.57. The van der Waals surface area contributed by atoms with Crippen LogP contribution in [0, 0.1) is 10.1 Å². The molecule has 3 aromatic carbocycles. The highest BCUT2D eigenvalue weighted by atomic mass is 16.6. The Labute approximate surface area is 180 Å². The molecule has 0 saturated carbocycles. The van der Waals surface area contributed by atoms with Gasteiger partial charge in [-0.15, -0.1) is 0 Å². The lowest BCUT2D eigenvalue weighted by molar-refractivity contribution is -0.385. The zero-order valence-corrected chi connectivity index (χ0v) is 17.5. The van der Waals surface area contributed by atoms with Crippen molar-refractivity contribution >= 4 is 23.1 Å². The lowest BCUT2D eigenvalue weighted by Gasteiger charge is -2.47. The Bertz CT molecular complexity index is 1220. The minimum absolute atomic E-state index is 0.0840. The fraction of sp³-hybridized carbons (Fsp3) is 0.200. The Hall–Kier alpha value is -3.80. The van der Waals surface area contributed by atoms with Crippen LogP contribution in [0.15, 0.2) is 72.8 Å². The number of nitro groups is 1. The molecule has 0 aliphatic carbocycles. The molecule has 0 aromatic heterocycles. The molecule has 0 amide bonds. The zero-order valence-electron chi connectivity index (χ0n) is 17.5. The summed E-state index contributed by atoms with van der Waals surface area (Å²) >= 11 is 0. The molecular formula is C25H22N2O4. The molecule has 0 fully saturated rings. The summed E-state index contributed by atoms with van der Waals surface area (Å²) in [5, 5.41) is 11.5. The zero-order chi connectivity index (χ0) is 21.8. The van der Waals surface area contributed by atoms with Gasteiger partial charge in [-0.1, -0.05) is 36.4 Å². The van der Waals surface area contributed by atoms with Crippen LogP contribution in [0.2, 0.25) is 0 Å². The maximum Gasteiger partial charge on any atom is 0.311 e. The van der Waals surface area contributed by atoms with E-state index < -0.39 is 16.1 Å². The van der Waals surface area contributed by atoms with Gasteiger partial charge in [-0.25, -0.2) is 0 Å². The molecule has 0 saturated heterocycles. The molecule has 0 N–H and O–H groups in total. The molecule has 3 aromatic rings. The molecule has 5 rings (SSSR count). The number of nitro benzene ring substituents is 1. The summed E-state index contributed by atoms with van der Waals surface area (Å²) in [4.78, 5) is 13.2. The number of rotatable bonds is 3. The van der Waals surface area contributed by atoms with Gasteiger partial charge in [-0.2, -0.15) is 0 Å². The first-order valence-corrected chi connectivity index (χ1v) is 10.1. The number of benzene rings is 3. The third-order valence-corrected chi connectivity index (χ3v) is 6.32. The average Bonchev–Trinajstić information content (AvgIpc) is 2.96. The molecule has 1 atom stereocenters. The van der Waals surface area contributed by atoms with Crippen molar-refractivity contribution in [3.05, 3.63) is 94.0 Å². The summed E-state index contributed by atoms with van der Waals surface area (Å²) in [5.74, 6) is 0.723. The number of ether oxygens (including phenoxy) is 2. The Morgan fingerprint density at radius 3 is 2.45 bits per heavy atom.